The van der Waals surface area contributed by atoms with E-state index >= 15 is 0 Å². The number of alkyl carbamates (subject to hydrolysis) is 1. The fourth-order valence-electron chi connectivity index (χ4n) is 2.32. The summed E-state index contributed by atoms with van der Waals surface area (Å²) in [6.45, 7) is 3.50. The molecule has 0 radical (unpaired) electrons. The standard InChI is InChI=1S/C22H34N2O9/c25-20(17-24-22(28)33-18-19-5-2-1-3-6-19)23-8-12-29-9-4-10-30-13-15-32-16-14-31-11-7-21(26)27/h1-3,5-6H,4,7-18H2,(H,23,25)(H,24,28)(H,26,27). The second kappa shape index (κ2) is 19.9. The number of benzene rings is 1. The van der Waals surface area contributed by atoms with Gasteiger partial charge in [-0.1, -0.05) is 30.3 Å². The van der Waals surface area contributed by atoms with E-state index in [2.05, 4.69) is 10.6 Å². The third kappa shape index (κ3) is 18.5. The van der Waals surface area contributed by atoms with E-state index in [4.69, 9.17) is 28.8 Å². The Hall–Kier alpha value is -2.73. The van der Waals surface area contributed by atoms with E-state index in [9.17, 15) is 14.4 Å². The van der Waals surface area contributed by atoms with Crippen molar-refractivity contribution in [1.82, 2.24) is 10.6 Å². The van der Waals surface area contributed by atoms with E-state index in [1.807, 2.05) is 30.3 Å². The molecule has 186 valence electrons. The van der Waals surface area contributed by atoms with Gasteiger partial charge in [-0.25, -0.2) is 4.79 Å². The molecule has 0 aliphatic carbocycles. The lowest BCUT2D eigenvalue weighted by Crippen LogP contribution is -2.38. The molecular weight excluding hydrogens is 436 g/mol. The van der Waals surface area contributed by atoms with Crippen LogP contribution in [0.4, 0.5) is 4.79 Å². The highest BCUT2D eigenvalue weighted by Crippen LogP contribution is 2.00. The van der Waals surface area contributed by atoms with Gasteiger partial charge in [0.2, 0.25) is 5.91 Å². The molecular formula is C22H34N2O9. The molecule has 2 amide bonds. The maximum atomic E-state index is 11.7. The average molecular weight is 471 g/mol. The van der Waals surface area contributed by atoms with Gasteiger partial charge in [-0.2, -0.15) is 0 Å². The molecule has 0 saturated carbocycles. The molecule has 0 aromatic heterocycles. The van der Waals surface area contributed by atoms with Crippen LogP contribution in [0.15, 0.2) is 30.3 Å². The van der Waals surface area contributed by atoms with Crippen molar-refractivity contribution in [1.29, 1.82) is 0 Å². The molecule has 0 aliphatic rings. The molecule has 0 spiro atoms. The number of carboxylic acids is 1. The Morgan fingerprint density at radius 1 is 0.758 bits per heavy atom. The van der Waals surface area contributed by atoms with Gasteiger partial charge in [0.1, 0.15) is 6.61 Å². The summed E-state index contributed by atoms with van der Waals surface area (Å²) in [5.41, 5.74) is 0.866. The SMILES string of the molecule is O=C(O)CCOCCOCCOCCCOCCNC(=O)CNC(=O)OCc1ccccc1. The molecule has 1 aromatic rings. The molecule has 0 bridgehead atoms. The number of carbonyl (C=O) groups is 3. The molecule has 3 N–H and O–H groups in total. The van der Waals surface area contributed by atoms with Gasteiger partial charge in [-0.15, -0.1) is 0 Å². The summed E-state index contributed by atoms with van der Waals surface area (Å²) >= 11 is 0. The highest BCUT2D eigenvalue weighted by atomic mass is 16.6. The molecule has 0 heterocycles. The lowest BCUT2D eigenvalue weighted by atomic mass is 10.2. The van der Waals surface area contributed by atoms with Crippen molar-refractivity contribution in [3.63, 3.8) is 0 Å². The maximum Gasteiger partial charge on any atom is 0.407 e. The van der Waals surface area contributed by atoms with Crippen LogP contribution >= 0.6 is 0 Å². The topological polar surface area (TPSA) is 142 Å². The summed E-state index contributed by atoms with van der Waals surface area (Å²) in [6, 6.07) is 9.26. The quantitative estimate of drug-likeness (QED) is 0.238. The van der Waals surface area contributed by atoms with Crippen LogP contribution in [0.5, 0.6) is 0 Å². The molecule has 0 unspecified atom stereocenters. The van der Waals surface area contributed by atoms with Gasteiger partial charge < -0.3 is 39.4 Å². The van der Waals surface area contributed by atoms with E-state index in [0.717, 1.165) is 5.56 Å². The predicted molar refractivity (Wildman–Crippen MR) is 118 cm³/mol. The molecule has 0 saturated heterocycles. The number of nitrogens with one attached hydrogen (secondary N) is 2. The lowest BCUT2D eigenvalue weighted by Gasteiger charge is -2.09. The largest absolute Gasteiger partial charge is 0.481 e. The molecule has 11 nitrogen and oxygen atoms in total. The minimum Gasteiger partial charge on any atom is -0.481 e. The Bertz CT molecular complexity index is 659. The second-order valence-corrected chi connectivity index (χ2v) is 6.71. The van der Waals surface area contributed by atoms with Crippen LogP contribution in [0.2, 0.25) is 0 Å². The number of carboxylic acid groups (broad SMARTS) is 1. The fraction of sp³-hybridized carbons (Fsp3) is 0.591. The monoisotopic (exact) mass is 470 g/mol. The first-order chi connectivity index (χ1) is 16.1. The van der Waals surface area contributed by atoms with Gasteiger partial charge in [0.15, 0.2) is 0 Å². The first-order valence-corrected chi connectivity index (χ1v) is 10.8. The van der Waals surface area contributed by atoms with Gasteiger partial charge in [-0.3, -0.25) is 9.59 Å². The normalized spacial score (nSPS) is 10.5. The van der Waals surface area contributed by atoms with Gasteiger partial charge in [-0.05, 0) is 12.0 Å². The van der Waals surface area contributed by atoms with Crippen molar-refractivity contribution in [2.24, 2.45) is 0 Å². The van der Waals surface area contributed by atoms with Gasteiger partial charge in [0, 0.05) is 19.8 Å². The molecule has 0 aliphatic heterocycles. The van der Waals surface area contributed by atoms with E-state index < -0.39 is 12.1 Å². The molecule has 33 heavy (non-hydrogen) atoms. The lowest BCUT2D eigenvalue weighted by molar-refractivity contribution is -0.138. The molecule has 1 rings (SSSR count). The van der Waals surface area contributed by atoms with Gasteiger partial charge in [0.05, 0.1) is 52.6 Å². The number of hydrogen-bond donors (Lipinski definition) is 3. The van der Waals surface area contributed by atoms with Crippen LogP contribution in [0.25, 0.3) is 0 Å². The summed E-state index contributed by atoms with van der Waals surface area (Å²) in [4.78, 5) is 33.5. The third-order valence-electron chi connectivity index (χ3n) is 3.96. The van der Waals surface area contributed by atoms with Crippen LogP contribution in [0.3, 0.4) is 0 Å². The minimum absolute atomic E-state index is 0.0131. The van der Waals surface area contributed by atoms with Crippen LogP contribution in [0, 0.1) is 0 Å². The fourth-order valence-corrected chi connectivity index (χ4v) is 2.32. The van der Waals surface area contributed by atoms with Crippen molar-refractivity contribution < 1.29 is 43.2 Å². The highest BCUT2D eigenvalue weighted by molar-refractivity contribution is 5.82. The van der Waals surface area contributed by atoms with E-state index in [0.29, 0.717) is 59.2 Å². The summed E-state index contributed by atoms with van der Waals surface area (Å²) in [7, 11) is 0. The van der Waals surface area contributed by atoms with Crippen LogP contribution in [-0.2, 0) is 39.9 Å². The Balaban J connectivity index is 1.80. The van der Waals surface area contributed by atoms with E-state index in [1.165, 1.54) is 0 Å². The Kier molecular flexibility index (Phi) is 17.1. The number of carbonyl (C=O) groups excluding carboxylic acids is 2. The minimum atomic E-state index is -0.885. The van der Waals surface area contributed by atoms with E-state index in [1.54, 1.807) is 0 Å². The summed E-state index contributed by atoms with van der Waals surface area (Å²) < 4.78 is 26.2. The first kappa shape index (κ1) is 28.3. The zero-order valence-electron chi connectivity index (χ0n) is 18.8. The van der Waals surface area contributed by atoms with Crippen LogP contribution in [-0.4, -0.2) is 89.0 Å². The third-order valence-corrected chi connectivity index (χ3v) is 3.96. The molecule has 1 aromatic carbocycles. The summed E-state index contributed by atoms with van der Waals surface area (Å²) in [5, 5.41) is 13.5. The van der Waals surface area contributed by atoms with Crippen molar-refractivity contribution >= 4 is 18.0 Å². The van der Waals surface area contributed by atoms with Crippen LogP contribution in [0.1, 0.15) is 18.4 Å². The number of ether oxygens (including phenoxy) is 5. The van der Waals surface area contributed by atoms with Crippen molar-refractivity contribution in [3.8, 4) is 0 Å². The zero-order chi connectivity index (χ0) is 24.0. The zero-order valence-corrected chi connectivity index (χ0v) is 18.8. The summed E-state index contributed by atoms with van der Waals surface area (Å²) in [5.74, 6) is -1.21. The number of aliphatic carboxylic acids is 1. The molecule has 11 heteroatoms. The van der Waals surface area contributed by atoms with Crippen molar-refractivity contribution in [2.75, 3.05) is 65.9 Å². The van der Waals surface area contributed by atoms with Crippen molar-refractivity contribution in [3.05, 3.63) is 35.9 Å². The predicted octanol–water partition coefficient (Wildman–Crippen LogP) is 0.960. The number of amides is 2. The van der Waals surface area contributed by atoms with Gasteiger partial charge >= 0.3 is 12.1 Å². The molecule has 0 atom stereocenters. The Morgan fingerprint density at radius 2 is 1.36 bits per heavy atom. The van der Waals surface area contributed by atoms with Crippen molar-refractivity contribution in [2.45, 2.75) is 19.4 Å². The maximum absolute atomic E-state index is 11.7. The highest BCUT2D eigenvalue weighted by Gasteiger charge is 2.06. The Morgan fingerprint density at radius 3 is 2.03 bits per heavy atom. The second-order valence-electron chi connectivity index (χ2n) is 6.71. The number of hydrogen-bond acceptors (Lipinski definition) is 8. The molecule has 0 fully saturated rings. The smallest absolute Gasteiger partial charge is 0.407 e. The summed E-state index contributed by atoms with van der Waals surface area (Å²) in [6.07, 6.45) is 0.0432. The first-order valence-electron chi connectivity index (χ1n) is 10.8. The van der Waals surface area contributed by atoms with E-state index in [-0.39, 0.29) is 32.1 Å². The Labute approximate surface area is 193 Å². The van der Waals surface area contributed by atoms with Crippen LogP contribution < -0.4 is 10.6 Å². The van der Waals surface area contributed by atoms with Gasteiger partial charge in [0.25, 0.3) is 0 Å². The average Bonchev–Trinajstić information content (AvgIpc) is 2.81. The number of rotatable bonds is 20.